The van der Waals surface area contributed by atoms with Gasteiger partial charge in [0, 0.05) is 11.2 Å². The number of nitrogens with zero attached hydrogens (tertiary/aromatic N) is 3. The molecule has 0 saturated heterocycles. The van der Waals surface area contributed by atoms with Crippen molar-refractivity contribution in [2.24, 2.45) is 0 Å². The molecule has 116 valence electrons. The number of esters is 1. The summed E-state index contributed by atoms with van der Waals surface area (Å²) in [5.74, 6) is 0.636. The molecule has 7 heteroatoms. The predicted octanol–water partition coefficient (Wildman–Crippen LogP) is 2.61. The van der Waals surface area contributed by atoms with Crippen molar-refractivity contribution in [3.63, 3.8) is 0 Å². The molecule has 0 saturated carbocycles. The Kier molecular flexibility index (Phi) is 4.55. The van der Waals surface area contributed by atoms with Crippen LogP contribution in [-0.2, 0) is 4.74 Å². The molecule has 22 heavy (non-hydrogen) atoms. The number of carbonyl (C=O) groups is 1. The van der Waals surface area contributed by atoms with E-state index in [0.29, 0.717) is 17.3 Å². The molecule has 0 amide bonds. The molecule has 1 aromatic heterocycles. The maximum atomic E-state index is 11.4. The number of ether oxygens (including phenoxy) is 1. The van der Waals surface area contributed by atoms with Crippen molar-refractivity contribution >= 4 is 23.4 Å². The summed E-state index contributed by atoms with van der Waals surface area (Å²) in [6.07, 6.45) is 1.57. The maximum Gasteiger partial charge on any atom is 0.337 e. The number of nitrogens with one attached hydrogen (secondary N) is 2. The Hall–Kier alpha value is -2.70. The largest absolute Gasteiger partial charge is 0.465 e. The van der Waals surface area contributed by atoms with Gasteiger partial charge in [0.25, 0.3) is 0 Å². The fourth-order valence-corrected chi connectivity index (χ4v) is 1.74. The first kappa shape index (κ1) is 15.7. The molecular weight excluding hydrogens is 282 g/mol. The minimum Gasteiger partial charge on any atom is -0.465 e. The predicted molar refractivity (Wildman–Crippen MR) is 84.3 cm³/mol. The molecule has 1 aromatic carbocycles. The van der Waals surface area contributed by atoms with E-state index >= 15 is 0 Å². The van der Waals surface area contributed by atoms with Crippen molar-refractivity contribution in [1.29, 1.82) is 0 Å². The first-order valence-corrected chi connectivity index (χ1v) is 6.81. The first-order chi connectivity index (χ1) is 10.4. The van der Waals surface area contributed by atoms with Gasteiger partial charge in [0.05, 0.1) is 18.9 Å². The van der Waals surface area contributed by atoms with Crippen LogP contribution in [0.4, 0.5) is 17.5 Å². The van der Waals surface area contributed by atoms with E-state index in [0.717, 1.165) is 5.69 Å². The molecule has 0 aliphatic heterocycles. The van der Waals surface area contributed by atoms with Crippen LogP contribution in [0.25, 0.3) is 0 Å². The Morgan fingerprint density at radius 1 is 1.18 bits per heavy atom. The number of hydrogen-bond acceptors (Lipinski definition) is 7. The zero-order valence-corrected chi connectivity index (χ0v) is 13.0. The number of benzene rings is 1. The van der Waals surface area contributed by atoms with Crippen molar-refractivity contribution in [2.75, 3.05) is 17.7 Å². The van der Waals surface area contributed by atoms with Gasteiger partial charge in [-0.1, -0.05) is 0 Å². The molecule has 0 aliphatic carbocycles. The smallest absolute Gasteiger partial charge is 0.337 e. The van der Waals surface area contributed by atoms with Crippen molar-refractivity contribution in [3.8, 4) is 0 Å². The van der Waals surface area contributed by atoms with E-state index < -0.39 is 0 Å². The van der Waals surface area contributed by atoms with Crippen LogP contribution in [0.15, 0.2) is 30.5 Å². The average molecular weight is 301 g/mol. The van der Waals surface area contributed by atoms with Gasteiger partial charge in [-0.05, 0) is 45.0 Å². The van der Waals surface area contributed by atoms with Crippen molar-refractivity contribution < 1.29 is 9.53 Å². The lowest BCUT2D eigenvalue weighted by Crippen LogP contribution is -2.27. The van der Waals surface area contributed by atoms with Crippen LogP contribution < -0.4 is 10.6 Å². The van der Waals surface area contributed by atoms with Gasteiger partial charge < -0.3 is 15.4 Å². The number of methoxy groups -OCH3 is 1. The number of carbonyl (C=O) groups excluding carboxylic acids is 1. The molecule has 1 heterocycles. The van der Waals surface area contributed by atoms with E-state index in [9.17, 15) is 4.79 Å². The van der Waals surface area contributed by atoms with E-state index in [1.807, 2.05) is 20.8 Å². The van der Waals surface area contributed by atoms with Gasteiger partial charge >= 0.3 is 5.97 Å². The lowest BCUT2D eigenvalue weighted by Gasteiger charge is -2.20. The second-order valence-electron chi connectivity index (χ2n) is 5.73. The molecular formula is C15H19N5O2. The molecule has 0 aliphatic rings. The number of hydrogen-bond donors (Lipinski definition) is 2. The monoisotopic (exact) mass is 301 g/mol. The summed E-state index contributed by atoms with van der Waals surface area (Å²) in [4.78, 5) is 15.7. The van der Waals surface area contributed by atoms with Crippen molar-refractivity contribution in [2.45, 2.75) is 26.3 Å². The quantitative estimate of drug-likeness (QED) is 0.839. The Balaban J connectivity index is 2.10. The molecule has 7 nitrogen and oxygen atoms in total. The minimum atomic E-state index is -0.374. The van der Waals surface area contributed by atoms with Crippen LogP contribution >= 0.6 is 0 Å². The lowest BCUT2D eigenvalue weighted by molar-refractivity contribution is 0.0601. The Morgan fingerprint density at radius 2 is 1.86 bits per heavy atom. The van der Waals surface area contributed by atoms with Crippen LogP contribution in [0.3, 0.4) is 0 Å². The summed E-state index contributed by atoms with van der Waals surface area (Å²) >= 11 is 0. The van der Waals surface area contributed by atoms with Gasteiger partial charge in [0.15, 0.2) is 5.82 Å². The Labute approximate surface area is 129 Å². The normalized spacial score (nSPS) is 10.9. The average Bonchev–Trinajstić information content (AvgIpc) is 2.46. The third kappa shape index (κ3) is 4.41. The number of aromatic nitrogens is 3. The van der Waals surface area contributed by atoms with Crippen LogP contribution in [0, 0.1) is 0 Å². The van der Waals surface area contributed by atoms with E-state index in [2.05, 4.69) is 30.6 Å². The lowest BCUT2D eigenvalue weighted by atomic mass is 10.1. The highest BCUT2D eigenvalue weighted by Crippen LogP contribution is 2.16. The third-order valence-corrected chi connectivity index (χ3v) is 2.62. The van der Waals surface area contributed by atoms with Crippen molar-refractivity contribution in [1.82, 2.24) is 15.2 Å². The molecule has 0 bridgehead atoms. The summed E-state index contributed by atoms with van der Waals surface area (Å²) in [6, 6.07) is 6.83. The molecule has 0 atom stereocenters. The summed E-state index contributed by atoms with van der Waals surface area (Å²) in [5, 5.41) is 14.1. The summed E-state index contributed by atoms with van der Waals surface area (Å²) in [7, 11) is 1.35. The zero-order chi connectivity index (χ0) is 16.2. The molecule has 0 spiro atoms. The van der Waals surface area contributed by atoms with E-state index in [1.54, 1.807) is 30.5 Å². The number of anilines is 3. The molecule has 2 rings (SSSR count). The summed E-state index contributed by atoms with van der Waals surface area (Å²) in [6.45, 7) is 6.11. The van der Waals surface area contributed by atoms with Gasteiger partial charge in [-0.15, -0.1) is 5.10 Å². The molecule has 2 aromatic rings. The van der Waals surface area contributed by atoms with Crippen LogP contribution in [0.2, 0.25) is 0 Å². The maximum absolute atomic E-state index is 11.4. The topological polar surface area (TPSA) is 89.0 Å². The molecule has 0 unspecified atom stereocenters. The highest BCUT2D eigenvalue weighted by Gasteiger charge is 2.11. The van der Waals surface area contributed by atoms with Crippen LogP contribution in [0.5, 0.6) is 0 Å². The van der Waals surface area contributed by atoms with Crippen LogP contribution in [-0.4, -0.2) is 33.8 Å². The van der Waals surface area contributed by atoms with Gasteiger partial charge in [-0.2, -0.15) is 10.1 Å². The van der Waals surface area contributed by atoms with Gasteiger partial charge in [0.2, 0.25) is 5.95 Å². The third-order valence-electron chi connectivity index (χ3n) is 2.62. The standard InChI is InChI=1S/C15H19N5O2/c1-15(2,3)19-12-9-16-20-14(18-12)17-11-7-5-10(6-8-11)13(21)22-4/h5-9H,1-4H3,(H2,17,18,19,20). The fourth-order valence-electron chi connectivity index (χ4n) is 1.74. The van der Waals surface area contributed by atoms with Gasteiger partial charge in [0.1, 0.15) is 0 Å². The zero-order valence-electron chi connectivity index (χ0n) is 13.0. The molecule has 0 radical (unpaired) electrons. The molecule has 0 fully saturated rings. The Bertz CT molecular complexity index is 650. The number of rotatable bonds is 4. The van der Waals surface area contributed by atoms with Crippen molar-refractivity contribution in [3.05, 3.63) is 36.0 Å². The summed E-state index contributed by atoms with van der Waals surface area (Å²) < 4.78 is 4.65. The van der Waals surface area contributed by atoms with Crippen LogP contribution in [0.1, 0.15) is 31.1 Å². The first-order valence-electron chi connectivity index (χ1n) is 6.81. The molecule has 2 N–H and O–H groups in total. The second-order valence-corrected chi connectivity index (χ2v) is 5.73. The van der Waals surface area contributed by atoms with Gasteiger partial charge in [-0.25, -0.2) is 4.79 Å². The van der Waals surface area contributed by atoms with Gasteiger partial charge in [-0.3, -0.25) is 0 Å². The summed E-state index contributed by atoms with van der Waals surface area (Å²) in [5.41, 5.74) is 1.12. The highest BCUT2D eigenvalue weighted by molar-refractivity contribution is 5.89. The highest BCUT2D eigenvalue weighted by atomic mass is 16.5. The minimum absolute atomic E-state index is 0.116. The fraction of sp³-hybridized carbons (Fsp3) is 0.333. The van der Waals surface area contributed by atoms with E-state index in [-0.39, 0.29) is 11.5 Å². The van der Waals surface area contributed by atoms with E-state index in [4.69, 9.17) is 0 Å². The second kappa shape index (κ2) is 6.38. The van der Waals surface area contributed by atoms with E-state index in [1.165, 1.54) is 7.11 Å². The Morgan fingerprint density at radius 3 is 2.45 bits per heavy atom. The SMILES string of the molecule is COC(=O)c1ccc(Nc2nncc(NC(C)(C)C)n2)cc1.